The van der Waals surface area contributed by atoms with Crippen LogP contribution in [-0.4, -0.2) is 5.84 Å². The maximum Gasteiger partial charge on any atom is 0.122 e. The van der Waals surface area contributed by atoms with Gasteiger partial charge in [0.15, 0.2) is 0 Å². The van der Waals surface area contributed by atoms with Crippen LogP contribution in [0.25, 0.3) is 10.8 Å². The van der Waals surface area contributed by atoms with E-state index in [9.17, 15) is 0 Å². The number of ether oxygens (including phenoxy) is 1. The Morgan fingerprint density at radius 1 is 0.905 bits per heavy atom. The van der Waals surface area contributed by atoms with Crippen LogP contribution in [0.3, 0.4) is 0 Å². The minimum Gasteiger partial charge on any atom is -0.489 e. The van der Waals surface area contributed by atoms with Gasteiger partial charge in [0.25, 0.3) is 0 Å². The van der Waals surface area contributed by atoms with E-state index >= 15 is 0 Å². The van der Waals surface area contributed by atoms with E-state index in [4.69, 9.17) is 15.9 Å². The summed E-state index contributed by atoms with van der Waals surface area (Å²) in [5, 5.41) is 9.81. The average molecular weight is 276 g/mol. The molecule has 0 heterocycles. The molecule has 0 bridgehead atoms. The monoisotopic (exact) mass is 276 g/mol. The summed E-state index contributed by atoms with van der Waals surface area (Å²) in [4.78, 5) is 0. The molecule has 3 N–H and O–H groups in total. The first kappa shape index (κ1) is 13.2. The Hall–Kier alpha value is -2.81. The van der Waals surface area contributed by atoms with E-state index in [1.54, 1.807) is 0 Å². The molecule has 0 aliphatic carbocycles. The molecule has 3 nitrogen and oxygen atoms in total. The third-order valence-corrected chi connectivity index (χ3v) is 3.36. The molecule has 21 heavy (non-hydrogen) atoms. The van der Waals surface area contributed by atoms with Crippen LogP contribution in [0.15, 0.2) is 66.7 Å². The molecule has 0 fully saturated rings. The van der Waals surface area contributed by atoms with Gasteiger partial charge in [0.2, 0.25) is 0 Å². The summed E-state index contributed by atoms with van der Waals surface area (Å²) in [6.07, 6.45) is 0. The summed E-state index contributed by atoms with van der Waals surface area (Å²) in [7, 11) is 0. The van der Waals surface area contributed by atoms with Crippen LogP contribution in [0, 0.1) is 5.41 Å². The molecule has 3 aromatic rings. The van der Waals surface area contributed by atoms with Crippen molar-refractivity contribution in [2.24, 2.45) is 5.73 Å². The molecule has 0 spiro atoms. The lowest BCUT2D eigenvalue weighted by molar-refractivity contribution is 0.306. The van der Waals surface area contributed by atoms with Crippen molar-refractivity contribution in [3.63, 3.8) is 0 Å². The maximum atomic E-state index is 7.46. The van der Waals surface area contributed by atoms with Gasteiger partial charge in [0.05, 0.1) is 0 Å². The Morgan fingerprint density at radius 2 is 1.71 bits per heavy atom. The van der Waals surface area contributed by atoms with Gasteiger partial charge >= 0.3 is 0 Å². The molecule has 0 amide bonds. The SMILES string of the molecule is N=C(N)c1cccc(COc2ccc3ccccc3c2)c1. The molecule has 0 saturated carbocycles. The molecule has 0 atom stereocenters. The first-order valence-electron chi connectivity index (χ1n) is 6.77. The van der Waals surface area contributed by atoms with Gasteiger partial charge in [-0.15, -0.1) is 0 Å². The fourth-order valence-electron chi connectivity index (χ4n) is 2.25. The van der Waals surface area contributed by atoms with Crippen molar-refractivity contribution in [3.05, 3.63) is 77.9 Å². The second-order valence-corrected chi connectivity index (χ2v) is 4.91. The van der Waals surface area contributed by atoms with Crippen LogP contribution in [0.5, 0.6) is 5.75 Å². The number of rotatable bonds is 4. The normalized spacial score (nSPS) is 10.5. The van der Waals surface area contributed by atoms with E-state index in [2.05, 4.69) is 18.2 Å². The van der Waals surface area contributed by atoms with Crippen molar-refractivity contribution < 1.29 is 4.74 Å². The van der Waals surface area contributed by atoms with Gasteiger partial charge in [-0.2, -0.15) is 0 Å². The molecule has 3 heteroatoms. The summed E-state index contributed by atoms with van der Waals surface area (Å²) in [6, 6.07) is 21.8. The van der Waals surface area contributed by atoms with Crippen LogP contribution in [0.1, 0.15) is 11.1 Å². The number of amidine groups is 1. The second kappa shape index (κ2) is 5.67. The number of nitrogens with one attached hydrogen (secondary N) is 1. The molecular weight excluding hydrogens is 260 g/mol. The summed E-state index contributed by atoms with van der Waals surface area (Å²) >= 11 is 0. The van der Waals surface area contributed by atoms with E-state index in [1.165, 1.54) is 5.39 Å². The van der Waals surface area contributed by atoms with Crippen molar-refractivity contribution in [1.29, 1.82) is 5.41 Å². The zero-order valence-electron chi connectivity index (χ0n) is 11.5. The molecule has 0 aliphatic rings. The quantitative estimate of drug-likeness (QED) is 0.564. The van der Waals surface area contributed by atoms with Gasteiger partial charge in [-0.3, -0.25) is 5.41 Å². The van der Waals surface area contributed by atoms with Crippen LogP contribution < -0.4 is 10.5 Å². The summed E-state index contributed by atoms with van der Waals surface area (Å²) in [6.45, 7) is 0.458. The molecule has 0 aliphatic heterocycles. The van der Waals surface area contributed by atoms with Crippen LogP contribution >= 0.6 is 0 Å². The molecule has 0 aromatic heterocycles. The third-order valence-electron chi connectivity index (χ3n) is 3.36. The highest BCUT2D eigenvalue weighted by molar-refractivity contribution is 5.95. The number of benzene rings is 3. The number of fused-ring (bicyclic) bond motifs is 1. The summed E-state index contributed by atoms with van der Waals surface area (Å²) < 4.78 is 5.82. The number of nitrogens with two attached hydrogens (primary N) is 1. The number of hydrogen-bond donors (Lipinski definition) is 2. The molecule has 0 radical (unpaired) electrons. The van der Waals surface area contributed by atoms with Gasteiger partial charge in [0.1, 0.15) is 18.2 Å². The lowest BCUT2D eigenvalue weighted by atomic mass is 10.1. The van der Waals surface area contributed by atoms with Crippen molar-refractivity contribution in [2.75, 3.05) is 0 Å². The lowest BCUT2D eigenvalue weighted by Crippen LogP contribution is -2.11. The Balaban J connectivity index is 1.77. The molecule has 0 unspecified atom stereocenters. The summed E-state index contributed by atoms with van der Waals surface area (Å²) in [5.74, 6) is 0.907. The van der Waals surface area contributed by atoms with Crippen LogP contribution in [-0.2, 0) is 6.61 Å². The van der Waals surface area contributed by atoms with Crippen molar-refractivity contribution >= 4 is 16.6 Å². The van der Waals surface area contributed by atoms with Crippen molar-refractivity contribution in [1.82, 2.24) is 0 Å². The molecule has 104 valence electrons. The Morgan fingerprint density at radius 3 is 2.52 bits per heavy atom. The van der Waals surface area contributed by atoms with Crippen molar-refractivity contribution in [2.45, 2.75) is 6.61 Å². The lowest BCUT2D eigenvalue weighted by Gasteiger charge is -2.08. The smallest absolute Gasteiger partial charge is 0.122 e. The molecule has 0 saturated heterocycles. The van der Waals surface area contributed by atoms with Crippen LogP contribution in [0.2, 0.25) is 0 Å². The van der Waals surface area contributed by atoms with Gasteiger partial charge < -0.3 is 10.5 Å². The van der Waals surface area contributed by atoms with E-state index in [0.717, 1.165) is 22.3 Å². The number of hydrogen-bond acceptors (Lipinski definition) is 2. The van der Waals surface area contributed by atoms with E-state index in [0.29, 0.717) is 6.61 Å². The Kier molecular flexibility index (Phi) is 3.56. The fraction of sp³-hybridized carbons (Fsp3) is 0.0556. The predicted octanol–water partition coefficient (Wildman–Crippen LogP) is 3.70. The third kappa shape index (κ3) is 3.03. The zero-order chi connectivity index (χ0) is 14.7. The molecular formula is C18H16N2O. The standard InChI is InChI=1S/C18H16N2O/c19-18(20)16-7-3-4-13(10-16)12-21-17-9-8-14-5-1-2-6-15(14)11-17/h1-11H,12H2,(H3,19,20). The molecule has 3 rings (SSSR count). The Bertz CT molecular complexity index is 796. The van der Waals surface area contributed by atoms with Gasteiger partial charge in [0, 0.05) is 5.56 Å². The van der Waals surface area contributed by atoms with Gasteiger partial charge in [-0.25, -0.2) is 0 Å². The maximum absolute atomic E-state index is 7.46. The average Bonchev–Trinajstić information content (AvgIpc) is 2.53. The first-order valence-corrected chi connectivity index (χ1v) is 6.77. The highest BCUT2D eigenvalue weighted by Crippen LogP contribution is 2.21. The van der Waals surface area contributed by atoms with Gasteiger partial charge in [-0.05, 0) is 34.5 Å². The van der Waals surface area contributed by atoms with E-state index < -0.39 is 0 Å². The Labute approximate surface area is 123 Å². The zero-order valence-corrected chi connectivity index (χ0v) is 11.5. The highest BCUT2D eigenvalue weighted by atomic mass is 16.5. The fourth-order valence-corrected chi connectivity index (χ4v) is 2.25. The second-order valence-electron chi connectivity index (χ2n) is 4.91. The largest absolute Gasteiger partial charge is 0.489 e. The van der Waals surface area contributed by atoms with Crippen LogP contribution in [0.4, 0.5) is 0 Å². The van der Waals surface area contributed by atoms with Crippen molar-refractivity contribution in [3.8, 4) is 5.75 Å². The minimum atomic E-state index is 0.0718. The van der Waals surface area contributed by atoms with E-state index in [1.807, 2.05) is 48.5 Å². The predicted molar refractivity (Wildman–Crippen MR) is 85.7 cm³/mol. The number of nitrogen functional groups attached to an aromatic ring is 1. The van der Waals surface area contributed by atoms with Gasteiger partial charge in [-0.1, -0.05) is 48.5 Å². The topological polar surface area (TPSA) is 59.1 Å². The van der Waals surface area contributed by atoms with E-state index in [-0.39, 0.29) is 5.84 Å². The molecule has 3 aromatic carbocycles. The first-order chi connectivity index (χ1) is 10.2. The minimum absolute atomic E-state index is 0.0718. The highest BCUT2D eigenvalue weighted by Gasteiger charge is 2.01. The summed E-state index contributed by atoms with van der Waals surface area (Å²) in [5.41, 5.74) is 7.21.